The maximum atomic E-state index is 11.5. The minimum Gasteiger partial charge on any atom is -0.332 e. The topological polar surface area (TPSA) is 32.3 Å². The molecule has 84 valence electrons. The lowest BCUT2D eigenvalue weighted by Gasteiger charge is -2.33. The second kappa shape index (κ2) is 5.77. The first-order chi connectivity index (χ1) is 7.19. The van der Waals surface area contributed by atoms with Crippen LogP contribution in [0.1, 0.15) is 32.6 Å². The lowest BCUT2D eigenvalue weighted by molar-refractivity contribution is -0.126. The first kappa shape index (κ1) is 12.1. The lowest BCUT2D eigenvalue weighted by Crippen LogP contribution is -2.42. The maximum Gasteiger partial charge on any atom is 0.298 e. The zero-order valence-corrected chi connectivity index (χ0v) is 9.84. The van der Waals surface area contributed by atoms with Gasteiger partial charge in [0, 0.05) is 19.1 Å². The fraction of sp³-hybridized carbons (Fsp3) is 0.750. The van der Waals surface area contributed by atoms with E-state index in [0.29, 0.717) is 12.1 Å². The first-order valence-corrected chi connectivity index (χ1v) is 5.55. The van der Waals surface area contributed by atoms with Crippen LogP contribution in [0.2, 0.25) is 0 Å². The molecule has 0 heterocycles. The van der Waals surface area contributed by atoms with Crippen LogP contribution in [0.4, 0.5) is 0 Å². The van der Waals surface area contributed by atoms with Gasteiger partial charge in [-0.3, -0.25) is 4.79 Å². The van der Waals surface area contributed by atoms with Crippen molar-refractivity contribution in [2.45, 2.75) is 44.7 Å². The van der Waals surface area contributed by atoms with E-state index in [-0.39, 0.29) is 5.91 Å². The Morgan fingerprint density at radius 3 is 2.40 bits per heavy atom. The van der Waals surface area contributed by atoms with Gasteiger partial charge in [-0.1, -0.05) is 5.92 Å². The molecule has 1 N–H and O–H groups in total. The van der Waals surface area contributed by atoms with Gasteiger partial charge in [-0.05, 0) is 45.6 Å². The van der Waals surface area contributed by atoms with Gasteiger partial charge in [-0.2, -0.15) is 0 Å². The Kier molecular flexibility index (Phi) is 4.64. The van der Waals surface area contributed by atoms with E-state index in [9.17, 15) is 4.79 Å². The number of amides is 1. The highest BCUT2D eigenvalue weighted by atomic mass is 16.2. The summed E-state index contributed by atoms with van der Waals surface area (Å²) in [6.07, 6.45) is 4.47. The van der Waals surface area contributed by atoms with Gasteiger partial charge in [0.05, 0.1) is 0 Å². The number of hydrogen-bond acceptors (Lipinski definition) is 2. The molecule has 0 bridgehead atoms. The fourth-order valence-electron chi connectivity index (χ4n) is 2.11. The van der Waals surface area contributed by atoms with Gasteiger partial charge in [0.25, 0.3) is 5.91 Å². The molecule has 0 aliphatic heterocycles. The summed E-state index contributed by atoms with van der Waals surface area (Å²) in [5.74, 6) is 5.19. The molecule has 0 saturated heterocycles. The molecule has 1 aliphatic carbocycles. The molecule has 0 aromatic rings. The second-order valence-corrected chi connectivity index (χ2v) is 4.09. The van der Waals surface area contributed by atoms with Crippen LogP contribution < -0.4 is 5.32 Å². The van der Waals surface area contributed by atoms with Crippen LogP contribution in [0.5, 0.6) is 0 Å². The quantitative estimate of drug-likeness (QED) is 0.687. The van der Waals surface area contributed by atoms with Gasteiger partial charge in [0.15, 0.2) is 0 Å². The summed E-state index contributed by atoms with van der Waals surface area (Å²) in [5, 5.41) is 3.29. The number of nitrogens with one attached hydrogen (secondary N) is 1. The van der Waals surface area contributed by atoms with Crippen LogP contribution in [0.3, 0.4) is 0 Å². The molecule has 1 amide bonds. The molecule has 3 nitrogen and oxygen atoms in total. The van der Waals surface area contributed by atoms with Crippen molar-refractivity contribution in [1.82, 2.24) is 10.2 Å². The van der Waals surface area contributed by atoms with E-state index in [2.05, 4.69) is 17.2 Å². The summed E-state index contributed by atoms with van der Waals surface area (Å²) >= 11 is 0. The molecule has 3 heteroatoms. The third kappa shape index (κ3) is 3.24. The molecule has 0 aromatic heterocycles. The number of carbonyl (C=O) groups excluding carboxylic acids is 1. The van der Waals surface area contributed by atoms with Crippen molar-refractivity contribution in [3.63, 3.8) is 0 Å². The van der Waals surface area contributed by atoms with E-state index in [1.807, 2.05) is 14.1 Å². The third-order valence-corrected chi connectivity index (χ3v) is 3.20. The van der Waals surface area contributed by atoms with Gasteiger partial charge < -0.3 is 10.2 Å². The summed E-state index contributed by atoms with van der Waals surface area (Å²) in [6, 6.07) is 1.00. The van der Waals surface area contributed by atoms with Crippen LogP contribution in [-0.4, -0.2) is 37.0 Å². The lowest BCUT2D eigenvalue weighted by atomic mass is 9.90. The van der Waals surface area contributed by atoms with E-state index in [0.717, 1.165) is 25.7 Å². The molecule has 0 atom stereocenters. The Balaban J connectivity index is 2.44. The first-order valence-electron chi connectivity index (χ1n) is 5.55. The minimum atomic E-state index is -0.0505. The van der Waals surface area contributed by atoms with Gasteiger partial charge in [-0.25, -0.2) is 0 Å². The standard InChI is InChI=1S/C12H20N2O/c1-4-5-12(15)14(3)11-8-6-10(13-2)7-9-11/h10-11,13H,6-9H2,1-3H3. The van der Waals surface area contributed by atoms with Gasteiger partial charge in [0.2, 0.25) is 0 Å². The Hall–Kier alpha value is -1.01. The van der Waals surface area contributed by atoms with Gasteiger partial charge in [0.1, 0.15) is 0 Å². The molecule has 1 rings (SSSR count). The molecule has 0 radical (unpaired) electrons. The smallest absolute Gasteiger partial charge is 0.298 e. The van der Waals surface area contributed by atoms with E-state index < -0.39 is 0 Å². The van der Waals surface area contributed by atoms with E-state index in [4.69, 9.17) is 0 Å². The van der Waals surface area contributed by atoms with Gasteiger partial charge in [-0.15, -0.1) is 0 Å². The second-order valence-electron chi connectivity index (χ2n) is 4.09. The Labute approximate surface area is 92.2 Å². The van der Waals surface area contributed by atoms with Crippen molar-refractivity contribution < 1.29 is 4.79 Å². The summed E-state index contributed by atoms with van der Waals surface area (Å²) < 4.78 is 0. The summed E-state index contributed by atoms with van der Waals surface area (Å²) in [5.41, 5.74) is 0. The predicted octanol–water partition coefficient (Wildman–Crippen LogP) is 0.999. The maximum absolute atomic E-state index is 11.5. The molecule has 1 fully saturated rings. The monoisotopic (exact) mass is 208 g/mol. The zero-order chi connectivity index (χ0) is 11.3. The van der Waals surface area contributed by atoms with E-state index in [1.54, 1.807) is 11.8 Å². The summed E-state index contributed by atoms with van der Waals surface area (Å²) in [4.78, 5) is 13.3. The van der Waals surface area contributed by atoms with E-state index in [1.165, 1.54) is 0 Å². The largest absolute Gasteiger partial charge is 0.332 e. The van der Waals surface area contributed by atoms with Crippen molar-refractivity contribution >= 4 is 5.91 Å². The van der Waals surface area contributed by atoms with Crippen LogP contribution in [0, 0.1) is 11.8 Å². The highest BCUT2D eigenvalue weighted by molar-refractivity contribution is 5.93. The van der Waals surface area contributed by atoms with Crippen LogP contribution in [-0.2, 0) is 4.79 Å². The molecular weight excluding hydrogens is 188 g/mol. The molecule has 1 saturated carbocycles. The highest BCUT2D eigenvalue weighted by Gasteiger charge is 2.24. The van der Waals surface area contributed by atoms with Crippen molar-refractivity contribution in [2.75, 3.05) is 14.1 Å². The van der Waals surface area contributed by atoms with Crippen molar-refractivity contribution in [3.05, 3.63) is 0 Å². The third-order valence-electron chi connectivity index (χ3n) is 3.20. The fourth-order valence-corrected chi connectivity index (χ4v) is 2.11. The molecule has 0 aromatic carbocycles. The molecule has 15 heavy (non-hydrogen) atoms. The Morgan fingerprint density at radius 1 is 1.33 bits per heavy atom. The summed E-state index contributed by atoms with van der Waals surface area (Å²) in [6.45, 7) is 1.70. The molecular formula is C12H20N2O. The van der Waals surface area contributed by atoms with Gasteiger partial charge >= 0.3 is 0 Å². The molecule has 0 unspecified atom stereocenters. The number of hydrogen-bond donors (Lipinski definition) is 1. The van der Waals surface area contributed by atoms with Crippen molar-refractivity contribution in [1.29, 1.82) is 0 Å². The normalized spacial score (nSPS) is 25.3. The van der Waals surface area contributed by atoms with Crippen LogP contribution in [0.15, 0.2) is 0 Å². The van der Waals surface area contributed by atoms with Crippen LogP contribution >= 0.6 is 0 Å². The molecule has 0 spiro atoms. The SMILES string of the molecule is CC#CC(=O)N(C)C1CCC(NC)CC1. The molecule has 1 aliphatic rings. The number of nitrogens with zero attached hydrogens (tertiary/aromatic N) is 1. The average molecular weight is 208 g/mol. The highest BCUT2D eigenvalue weighted by Crippen LogP contribution is 2.22. The Morgan fingerprint density at radius 2 is 1.93 bits per heavy atom. The van der Waals surface area contributed by atoms with Crippen molar-refractivity contribution in [2.24, 2.45) is 0 Å². The van der Waals surface area contributed by atoms with Crippen LogP contribution in [0.25, 0.3) is 0 Å². The number of carbonyl (C=O) groups is 1. The average Bonchev–Trinajstić information content (AvgIpc) is 2.28. The minimum absolute atomic E-state index is 0.0505. The van der Waals surface area contributed by atoms with E-state index >= 15 is 0 Å². The number of rotatable bonds is 2. The predicted molar refractivity (Wildman–Crippen MR) is 61.3 cm³/mol. The Bertz CT molecular complexity index is 269. The zero-order valence-electron chi connectivity index (χ0n) is 9.84. The van der Waals surface area contributed by atoms with Crippen molar-refractivity contribution in [3.8, 4) is 11.8 Å². The summed E-state index contributed by atoms with van der Waals surface area (Å²) in [7, 11) is 3.86.